The average molecular weight is 370 g/mol. The monoisotopic (exact) mass is 370 g/mol. The molecule has 0 bridgehead atoms. The minimum absolute atomic E-state index is 0.0424. The minimum Gasteiger partial charge on any atom is -0.345 e. The third-order valence-electron chi connectivity index (χ3n) is 5.11. The van der Waals surface area contributed by atoms with Crippen molar-refractivity contribution in [2.24, 2.45) is 0 Å². The van der Waals surface area contributed by atoms with E-state index in [-0.39, 0.29) is 10.5 Å². The number of amides is 2. The van der Waals surface area contributed by atoms with Crippen molar-refractivity contribution >= 4 is 21.8 Å². The van der Waals surface area contributed by atoms with Gasteiger partial charge in [-0.2, -0.15) is 0 Å². The molecule has 26 heavy (non-hydrogen) atoms. The Kier molecular flexibility index (Phi) is 3.84. The number of carbonyl (C=O) groups excluding carboxylic acids is 2. The number of hydrogen-bond acceptors (Lipinski definition) is 4. The van der Waals surface area contributed by atoms with E-state index < -0.39 is 33.9 Å². The molecule has 0 atom stereocenters. The van der Waals surface area contributed by atoms with Crippen molar-refractivity contribution in [2.75, 3.05) is 6.54 Å². The molecular formula is C19H18N2O4S. The molecule has 0 unspecified atom stereocenters. The Hall–Kier alpha value is -2.67. The van der Waals surface area contributed by atoms with Crippen LogP contribution in [0.25, 0.3) is 0 Å². The van der Waals surface area contributed by atoms with Gasteiger partial charge in [-0.3, -0.25) is 9.59 Å². The molecule has 1 aliphatic heterocycles. The molecule has 2 aromatic rings. The summed E-state index contributed by atoms with van der Waals surface area (Å²) in [6, 6.07) is 15.6. The van der Waals surface area contributed by atoms with E-state index in [9.17, 15) is 18.0 Å². The lowest BCUT2D eigenvalue weighted by Crippen LogP contribution is -2.53. The van der Waals surface area contributed by atoms with Gasteiger partial charge in [0.1, 0.15) is 11.4 Å². The SMILES string of the molecule is O=C(CN1C(=O)c2ccccc2S1(=O)=O)NC1(c2ccccc2)CCC1. The summed E-state index contributed by atoms with van der Waals surface area (Å²) in [6.07, 6.45) is 2.58. The molecule has 7 heteroatoms. The van der Waals surface area contributed by atoms with Gasteiger partial charge in [-0.25, -0.2) is 12.7 Å². The summed E-state index contributed by atoms with van der Waals surface area (Å²) in [5.74, 6) is -1.13. The largest absolute Gasteiger partial charge is 0.345 e. The Labute approximate surface area is 151 Å². The first-order chi connectivity index (χ1) is 12.4. The van der Waals surface area contributed by atoms with Crippen LogP contribution in [-0.2, 0) is 20.4 Å². The fourth-order valence-corrected chi connectivity index (χ4v) is 5.12. The van der Waals surface area contributed by atoms with Crippen LogP contribution in [0.1, 0.15) is 35.2 Å². The third-order valence-corrected chi connectivity index (χ3v) is 6.90. The van der Waals surface area contributed by atoms with E-state index in [4.69, 9.17) is 0 Å². The fourth-order valence-electron chi connectivity index (χ4n) is 3.60. The van der Waals surface area contributed by atoms with E-state index in [0.717, 1.165) is 24.8 Å². The first-order valence-electron chi connectivity index (χ1n) is 8.47. The predicted octanol–water partition coefficient (Wildman–Crippen LogP) is 2.03. The number of fused-ring (bicyclic) bond motifs is 1. The zero-order valence-electron chi connectivity index (χ0n) is 14.0. The van der Waals surface area contributed by atoms with E-state index in [1.165, 1.54) is 12.1 Å². The average Bonchev–Trinajstić information content (AvgIpc) is 2.80. The van der Waals surface area contributed by atoms with Crippen LogP contribution in [0.15, 0.2) is 59.5 Å². The maximum absolute atomic E-state index is 12.6. The van der Waals surface area contributed by atoms with Crippen LogP contribution >= 0.6 is 0 Å². The second-order valence-corrected chi connectivity index (χ2v) is 8.49. The molecule has 1 fully saturated rings. The van der Waals surface area contributed by atoms with Crippen LogP contribution in [0, 0.1) is 0 Å². The van der Waals surface area contributed by atoms with E-state index in [2.05, 4.69) is 5.32 Å². The Bertz CT molecular complexity index is 982. The van der Waals surface area contributed by atoms with E-state index in [1.807, 2.05) is 30.3 Å². The van der Waals surface area contributed by atoms with Crippen molar-refractivity contribution in [1.82, 2.24) is 9.62 Å². The molecule has 2 aliphatic rings. The molecule has 1 N–H and O–H groups in total. The molecule has 6 nitrogen and oxygen atoms in total. The van der Waals surface area contributed by atoms with Crippen molar-refractivity contribution in [2.45, 2.75) is 29.7 Å². The maximum atomic E-state index is 12.6. The van der Waals surface area contributed by atoms with Gasteiger partial charge in [0, 0.05) is 0 Å². The summed E-state index contributed by atoms with van der Waals surface area (Å²) in [7, 11) is -3.98. The van der Waals surface area contributed by atoms with Crippen LogP contribution in [-0.4, -0.2) is 31.1 Å². The Balaban J connectivity index is 1.55. The van der Waals surface area contributed by atoms with E-state index in [1.54, 1.807) is 12.1 Å². The van der Waals surface area contributed by atoms with Gasteiger partial charge in [0.2, 0.25) is 5.91 Å². The van der Waals surface area contributed by atoms with Gasteiger partial charge >= 0.3 is 0 Å². The Morgan fingerprint density at radius 1 is 1.04 bits per heavy atom. The highest BCUT2D eigenvalue weighted by molar-refractivity contribution is 7.90. The molecule has 1 aliphatic carbocycles. The molecule has 2 aromatic carbocycles. The predicted molar refractivity (Wildman–Crippen MR) is 94.8 cm³/mol. The number of carbonyl (C=O) groups is 2. The highest BCUT2D eigenvalue weighted by atomic mass is 32.2. The lowest BCUT2D eigenvalue weighted by Gasteiger charge is -2.43. The van der Waals surface area contributed by atoms with Gasteiger partial charge in [0.15, 0.2) is 0 Å². The molecule has 134 valence electrons. The molecule has 2 amide bonds. The number of benzene rings is 2. The van der Waals surface area contributed by atoms with E-state index >= 15 is 0 Å². The van der Waals surface area contributed by atoms with Crippen LogP contribution in [0.4, 0.5) is 0 Å². The lowest BCUT2D eigenvalue weighted by atomic mass is 9.72. The van der Waals surface area contributed by atoms with Gasteiger partial charge in [0.25, 0.3) is 15.9 Å². The van der Waals surface area contributed by atoms with Crippen LogP contribution in [0.3, 0.4) is 0 Å². The van der Waals surface area contributed by atoms with Crippen molar-refractivity contribution < 1.29 is 18.0 Å². The first kappa shape index (κ1) is 16.8. The Morgan fingerprint density at radius 2 is 1.69 bits per heavy atom. The molecular weight excluding hydrogens is 352 g/mol. The zero-order valence-corrected chi connectivity index (χ0v) is 14.8. The number of nitrogens with zero attached hydrogens (tertiary/aromatic N) is 1. The zero-order chi connectivity index (χ0) is 18.4. The molecule has 1 heterocycles. The number of nitrogens with one attached hydrogen (secondary N) is 1. The van der Waals surface area contributed by atoms with Gasteiger partial charge in [-0.15, -0.1) is 0 Å². The topological polar surface area (TPSA) is 83.6 Å². The van der Waals surface area contributed by atoms with Gasteiger partial charge in [-0.05, 0) is 37.0 Å². The number of rotatable bonds is 4. The second-order valence-electron chi connectivity index (χ2n) is 6.66. The number of sulfonamides is 1. The summed E-state index contributed by atoms with van der Waals surface area (Å²) in [5, 5.41) is 2.96. The van der Waals surface area contributed by atoms with Crippen LogP contribution in [0.2, 0.25) is 0 Å². The van der Waals surface area contributed by atoms with Crippen molar-refractivity contribution in [3.8, 4) is 0 Å². The van der Waals surface area contributed by atoms with Crippen molar-refractivity contribution in [1.29, 1.82) is 0 Å². The molecule has 0 aromatic heterocycles. The maximum Gasteiger partial charge on any atom is 0.269 e. The standard InChI is InChI=1S/C19H18N2O4S/c22-17(20-19(11-6-12-19)14-7-2-1-3-8-14)13-21-18(23)15-9-4-5-10-16(15)26(21,24)25/h1-5,7-10H,6,11-13H2,(H,20,22). The summed E-state index contributed by atoms with van der Waals surface area (Å²) in [5.41, 5.74) is 0.637. The van der Waals surface area contributed by atoms with Gasteiger partial charge < -0.3 is 5.32 Å². The normalized spacial score (nSPS) is 19.5. The van der Waals surface area contributed by atoms with Crippen LogP contribution in [0.5, 0.6) is 0 Å². The van der Waals surface area contributed by atoms with Gasteiger partial charge in [0.05, 0.1) is 11.1 Å². The minimum atomic E-state index is -3.98. The van der Waals surface area contributed by atoms with Crippen LogP contribution < -0.4 is 5.32 Å². The third kappa shape index (κ3) is 2.50. The molecule has 0 spiro atoms. The molecule has 1 saturated carbocycles. The highest BCUT2D eigenvalue weighted by Gasteiger charge is 2.44. The van der Waals surface area contributed by atoms with E-state index in [0.29, 0.717) is 4.31 Å². The second kappa shape index (κ2) is 5.95. The lowest BCUT2D eigenvalue weighted by molar-refractivity contribution is -0.124. The van der Waals surface area contributed by atoms with Crippen molar-refractivity contribution in [3.63, 3.8) is 0 Å². The summed E-state index contributed by atoms with van der Waals surface area (Å²) < 4.78 is 25.8. The quantitative estimate of drug-likeness (QED) is 0.893. The van der Waals surface area contributed by atoms with Gasteiger partial charge in [-0.1, -0.05) is 42.5 Å². The number of hydrogen-bond donors (Lipinski definition) is 1. The highest BCUT2D eigenvalue weighted by Crippen LogP contribution is 2.41. The fraction of sp³-hybridized carbons (Fsp3) is 0.263. The summed E-state index contributed by atoms with van der Waals surface area (Å²) >= 11 is 0. The smallest absolute Gasteiger partial charge is 0.269 e. The molecule has 0 radical (unpaired) electrons. The molecule has 0 saturated heterocycles. The summed E-state index contributed by atoms with van der Waals surface area (Å²) in [6.45, 7) is -0.509. The van der Waals surface area contributed by atoms with Crippen molar-refractivity contribution in [3.05, 3.63) is 65.7 Å². The molecule has 4 rings (SSSR count). The summed E-state index contributed by atoms with van der Waals surface area (Å²) in [4.78, 5) is 25.0. The Morgan fingerprint density at radius 3 is 2.31 bits per heavy atom. The first-order valence-corrected chi connectivity index (χ1v) is 9.91.